The maximum Gasteiger partial charge on any atom is 0.190 e. The molecule has 0 saturated carbocycles. The van der Waals surface area contributed by atoms with Crippen LogP contribution in [0.25, 0.3) is 0 Å². The smallest absolute Gasteiger partial charge is 0.190 e. The molecule has 0 radical (unpaired) electrons. The fourth-order valence-electron chi connectivity index (χ4n) is 2.35. The largest absolute Gasteiger partial charge is 0.381 e. The summed E-state index contributed by atoms with van der Waals surface area (Å²) in [5.74, 6) is 0.864. The third-order valence-electron chi connectivity index (χ3n) is 3.60. The van der Waals surface area contributed by atoms with Crippen molar-refractivity contribution in [2.24, 2.45) is 4.99 Å². The highest BCUT2D eigenvalue weighted by molar-refractivity contribution is 14.0. The van der Waals surface area contributed by atoms with E-state index >= 15 is 0 Å². The quantitative estimate of drug-likeness (QED) is 0.275. The molecule has 1 fully saturated rings. The predicted molar refractivity (Wildman–Crippen MR) is 107 cm³/mol. The molecule has 0 spiro atoms. The molecular weight excluding hydrogens is 425 g/mol. The summed E-state index contributed by atoms with van der Waals surface area (Å²) in [7, 11) is 1.80. The lowest BCUT2D eigenvalue weighted by atomic mass is 10.1. The summed E-state index contributed by atoms with van der Waals surface area (Å²) in [6.45, 7) is 4.25. The van der Waals surface area contributed by atoms with E-state index in [1.807, 2.05) is 0 Å². The lowest BCUT2D eigenvalue weighted by Crippen LogP contribution is -2.39. The fraction of sp³-hybridized carbons (Fsp3) is 0.688. The molecule has 7 heteroatoms. The molecule has 0 unspecified atom stereocenters. The molecule has 1 aliphatic heterocycles. The van der Waals surface area contributed by atoms with Crippen LogP contribution < -0.4 is 10.6 Å². The second kappa shape index (κ2) is 13.0. The summed E-state index contributed by atoms with van der Waals surface area (Å²) in [6.07, 6.45) is 4.46. The SMILES string of the molecule is CN=C(NCCCOC1CCOCC1)NCCc1cccs1.I. The third kappa shape index (κ3) is 8.88. The lowest BCUT2D eigenvalue weighted by Gasteiger charge is -2.22. The number of nitrogens with one attached hydrogen (secondary N) is 2. The second-order valence-electron chi connectivity index (χ2n) is 5.29. The average molecular weight is 453 g/mol. The van der Waals surface area contributed by atoms with E-state index in [9.17, 15) is 0 Å². The van der Waals surface area contributed by atoms with E-state index in [2.05, 4.69) is 33.1 Å². The Morgan fingerprint density at radius 1 is 1.35 bits per heavy atom. The van der Waals surface area contributed by atoms with Gasteiger partial charge in [0.05, 0.1) is 6.10 Å². The van der Waals surface area contributed by atoms with Crippen LogP contribution in [0.15, 0.2) is 22.5 Å². The first kappa shape index (κ1) is 20.7. The summed E-state index contributed by atoms with van der Waals surface area (Å²) in [5.41, 5.74) is 0. The Labute approximate surface area is 160 Å². The molecule has 2 heterocycles. The number of hydrogen-bond acceptors (Lipinski definition) is 4. The van der Waals surface area contributed by atoms with Gasteiger partial charge < -0.3 is 20.1 Å². The molecule has 1 aromatic heterocycles. The van der Waals surface area contributed by atoms with Crippen LogP contribution in [-0.2, 0) is 15.9 Å². The van der Waals surface area contributed by atoms with Crippen molar-refractivity contribution in [3.8, 4) is 0 Å². The monoisotopic (exact) mass is 453 g/mol. The van der Waals surface area contributed by atoms with Gasteiger partial charge in [-0.25, -0.2) is 0 Å². The second-order valence-corrected chi connectivity index (χ2v) is 6.32. The van der Waals surface area contributed by atoms with Crippen molar-refractivity contribution in [2.75, 3.05) is 40.0 Å². The Balaban J connectivity index is 0.00000264. The average Bonchev–Trinajstić information content (AvgIpc) is 3.07. The Bertz CT molecular complexity index is 423. The molecule has 2 rings (SSSR count). The molecular formula is C16H28IN3O2S. The van der Waals surface area contributed by atoms with Crippen molar-refractivity contribution >= 4 is 41.3 Å². The highest BCUT2D eigenvalue weighted by Crippen LogP contribution is 2.10. The minimum absolute atomic E-state index is 0. The van der Waals surface area contributed by atoms with Crippen LogP contribution in [0, 0.1) is 0 Å². The summed E-state index contributed by atoms with van der Waals surface area (Å²) >= 11 is 1.79. The van der Waals surface area contributed by atoms with Crippen molar-refractivity contribution in [3.63, 3.8) is 0 Å². The zero-order chi connectivity index (χ0) is 15.5. The molecule has 0 bridgehead atoms. The number of ether oxygens (including phenoxy) is 2. The van der Waals surface area contributed by atoms with E-state index in [1.54, 1.807) is 18.4 Å². The van der Waals surface area contributed by atoms with Gasteiger partial charge in [0.25, 0.3) is 0 Å². The first-order chi connectivity index (χ1) is 10.9. The van der Waals surface area contributed by atoms with E-state index in [0.29, 0.717) is 6.10 Å². The van der Waals surface area contributed by atoms with Crippen LogP contribution in [0.1, 0.15) is 24.1 Å². The number of guanidine groups is 1. The molecule has 0 atom stereocenters. The van der Waals surface area contributed by atoms with Crippen LogP contribution in [-0.4, -0.2) is 52.0 Å². The number of halogens is 1. The minimum atomic E-state index is 0. The topological polar surface area (TPSA) is 54.9 Å². The Kier molecular flexibility index (Phi) is 11.7. The number of thiophene rings is 1. The van der Waals surface area contributed by atoms with Crippen molar-refractivity contribution < 1.29 is 9.47 Å². The van der Waals surface area contributed by atoms with Gasteiger partial charge >= 0.3 is 0 Å². The van der Waals surface area contributed by atoms with Gasteiger partial charge in [0.15, 0.2) is 5.96 Å². The molecule has 132 valence electrons. The lowest BCUT2D eigenvalue weighted by molar-refractivity contribution is -0.0320. The van der Waals surface area contributed by atoms with E-state index in [1.165, 1.54) is 4.88 Å². The zero-order valence-corrected chi connectivity index (χ0v) is 16.9. The maximum atomic E-state index is 5.85. The van der Waals surface area contributed by atoms with Crippen molar-refractivity contribution in [1.82, 2.24) is 10.6 Å². The van der Waals surface area contributed by atoms with E-state index < -0.39 is 0 Å². The van der Waals surface area contributed by atoms with Crippen LogP contribution >= 0.6 is 35.3 Å². The molecule has 5 nitrogen and oxygen atoms in total. The zero-order valence-electron chi connectivity index (χ0n) is 13.8. The summed E-state index contributed by atoms with van der Waals surface area (Å²) in [6, 6.07) is 4.25. The van der Waals surface area contributed by atoms with Crippen molar-refractivity contribution in [1.29, 1.82) is 0 Å². The predicted octanol–water partition coefficient (Wildman–Crippen LogP) is 2.66. The van der Waals surface area contributed by atoms with Gasteiger partial charge in [-0.3, -0.25) is 4.99 Å². The highest BCUT2D eigenvalue weighted by Gasteiger charge is 2.13. The molecule has 1 aromatic rings. The Morgan fingerprint density at radius 2 is 2.13 bits per heavy atom. The minimum Gasteiger partial charge on any atom is -0.381 e. The fourth-order valence-corrected chi connectivity index (χ4v) is 3.06. The highest BCUT2D eigenvalue weighted by atomic mass is 127. The van der Waals surface area contributed by atoms with Crippen LogP contribution in [0.4, 0.5) is 0 Å². The molecule has 0 aliphatic carbocycles. The van der Waals surface area contributed by atoms with Gasteiger partial charge in [0.1, 0.15) is 0 Å². The first-order valence-electron chi connectivity index (χ1n) is 8.04. The van der Waals surface area contributed by atoms with Gasteiger partial charge in [-0.1, -0.05) is 6.07 Å². The Hall–Kier alpha value is -0.380. The van der Waals surface area contributed by atoms with E-state index in [0.717, 1.165) is 64.6 Å². The van der Waals surface area contributed by atoms with E-state index in [-0.39, 0.29) is 24.0 Å². The molecule has 0 amide bonds. The van der Waals surface area contributed by atoms with Gasteiger partial charge in [-0.2, -0.15) is 0 Å². The Morgan fingerprint density at radius 3 is 2.83 bits per heavy atom. The third-order valence-corrected chi connectivity index (χ3v) is 4.54. The van der Waals surface area contributed by atoms with Crippen LogP contribution in [0.5, 0.6) is 0 Å². The number of nitrogens with zero attached hydrogens (tertiary/aromatic N) is 1. The number of aliphatic imine (C=N–C) groups is 1. The van der Waals surface area contributed by atoms with Crippen LogP contribution in [0.3, 0.4) is 0 Å². The summed E-state index contributed by atoms with van der Waals surface area (Å²) in [5, 5.41) is 8.77. The van der Waals surface area contributed by atoms with Crippen molar-refractivity contribution in [3.05, 3.63) is 22.4 Å². The van der Waals surface area contributed by atoms with E-state index in [4.69, 9.17) is 9.47 Å². The first-order valence-corrected chi connectivity index (χ1v) is 8.92. The number of hydrogen-bond donors (Lipinski definition) is 2. The van der Waals surface area contributed by atoms with Crippen LogP contribution in [0.2, 0.25) is 0 Å². The van der Waals surface area contributed by atoms with Gasteiger partial charge in [0, 0.05) is 44.8 Å². The maximum absolute atomic E-state index is 5.85. The number of rotatable bonds is 8. The van der Waals surface area contributed by atoms with Gasteiger partial charge in [-0.15, -0.1) is 35.3 Å². The molecule has 2 N–H and O–H groups in total. The summed E-state index contributed by atoms with van der Waals surface area (Å²) in [4.78, 5) is 5.63. The van der Waals surface area contributed by atoms with Crippen molar-refractivity contribution in [2.45, 2.75) is 31.8 Å². The summed E-state index contributed by atoms with van der Waals surface area (Å²) < 4.78 is 11.2. The molecule has 1 saturated heterocycles. The molecule has 23 heavy (non-hydrogen) atoms. The standard InChI is InChI=1S/C16H27N3O2S.HI/c1-17-16(19-9-5-15-4-2-13-22-15)18-8-3-10-21-14-6-11-20-12-7-14;/h2,4,13-14H,3,5-12H2,1H3,(H2,17,18,19);1H. The molecule has 1 aliphatic rings. The molecule has 0 aromatic carbocycles. The normalized spacial score (nSPS) is 16.0. The van der Waals surface area contributed by atoms with Gasteiger partial charge in [0.2, 0.25) is 0 Å². The van der Waals surface area contributed by atoms with Gasteiger partial charge in [-0.05, 0) is 37.1 Å².